The molecule has 0 spiro atoms. The predicted molar refractivity (Wildman–Crippen MR) is 205 cm³/mol. The van der Waals surface area contributed by atoms with Crippen molar-refractivity contribution in [2.45, 2.75) is 60.5 Å². The van der Waals surface area contributed by atoms with Gasteiger partial charge in [0.25, 0.3) is 11.8 Å². The molecule has 3 aromatic rings. The number of benzene rings is 2. The number of hydrogen-bond acceptors (Lipinski definition) is 8. The third kappa shape index (κ3) is 9.64. The van der Waals surface area contributed by atoms with Crippen LogP contribution in [0.25, 0.3) is 11.6 Å². The van der Waals surface area contributed by atoms with Gasteiger partial charge < -0.3 is 34.7 Å². The van der Waals surface area contributed by atoms with Crippen LogP contribution in [0.4, 0.5) is 5.69 Å². The number of fused-ring (bicyclic) bond motifs is 1. The van der Waals surface area contributed by atoms with Gasteiger partial charge in [-0.3, -0.25) is 14.4 Å². The Kier molecular flexibility index (Phi) is 14.1. The van der Waals surface area contributed by atoms with Crippen molar-refractivity contribution in [1.29, 1.82) is 0 Å². The number of amides is 2. The molecule has 278 valence electrons. The van der Waals surface area contributed by atoms with Gasteiger partial charge >= 0.3 is 5.97 Å². The van der Waals surface area contributed by atoms with E-state index in [0.717, 1.165) is 30.9 Å². The third-order valence-corrected chi connectivity index (χ3v) is 9.75. The fourth-order valence-corrected chi connectivity index (χ4v) is 6.19. The summed E-state index contributed by atoms with van der Waals surface area (Å²) in [4.78, 5) is 56.5. The summed E-state index contributed by atoms with van der Waals surface area (Å²) >= 11 is 12.6. The predicted octanol–water partition coefficient (Wildman–Crippen LogP) is 7.43. The number of ether oxygens (including phenoxy) is 3. The van der Waals surface area contributed by atoms with E-state index in [0.29, 0.717) is 58.8 Å². The number of esters is 1. The fraction of sp³-hybridized carbons (Fsp3) is 0.385. The molecule has 0 bridgehead atoms. The SMILES string of the molecule is C=C(CC)C(=O)c1ccc(OCC(=O)O[C@@H](C)CCOc2ccc3c(c2)/C(=C/c2[nH]c(C)c(C(=O)NCCN(CC)CC)c2C)C(=O)N3)c(Cl)c1Cl. The average Bonchev–Trinajstić information content (AvgIpc) is 3.58. The van der Waals surface area contributed by atoms with Crippen molar-refractivity contribution in [2.24, 2.45) is 0 Å². The quantitative estimate of drug-likeness (QED) is 0.0693. The highest BCUT2D eigenvalue weighted by molar-refractivity contribution is 6.45. The highest BCUT2D eigenvalue weighted by Crippen LogP contribution is 2.37. The van der Waals surface area contributed by atoms with Crippen molar-refractivity contribution in [3.8, 4) is 11.5 Å². The zero-order chi connectivity index (χ0) is 38.1. The number of halogens is 2. The van der Waals surface area contributed by atoms with E-state index in [1.807, 2.05) is 20.8 Å². The van der Waals surface area contributed by atoms with E-state index in [1.165, 1.54) is 12.1 Å². The summed E-state index contributed by atoms with van der Waals surface area (Å²) in [6.07, 6.45) is 2.11. The maximum atomic E-state index is 13.1. The molecule has 4 rings (SSSR count). The minimum absolute atomic E-state index is 0.0158. The first-order chi connectivity index (χ1) is 24.8. The highest BCUT2D eigenvalue weighted by atomic mass is 35.5. The van der Waals surface area contributed by atoms with Crippen molar-refractivity contribution >= 4 is 64.1 Å². The first kappa shape index (κ1) is 40.2. The van der Waals surface area contributed by atoms with Crippen LogP contribution in [0.1, 0.15) is 83.8 Å². The summed E-state index contributed by atoms with van der Waals surface area (Å²) in [6, 6.07) is 8.26. The van der Waals surface area contributed by atoms with Crippen LogP contribution in [0, 0.1) is 13.8 Å². The van der Waals surface area contributed by atoms with Crippen LogP contribution in [0.2, 0.25) is 10.0 Å². The average molecular weight is 754 g/mol. The normalized spacial score (nSPS) is 13.5. The molecule has 3 N–H and O–H groups in total. The number of aromatic nitrogens is 1. The van der Waals surface area contributed by atoms with Gasteiger partial charge in [0.05, 0.1) is 22.8 Å². The molecular formula is C39H46Cl2N4O7. The minimum atomic E-state index is -0.619. The van der Waals surface area contributed by atoms with E-state index in [1.54, 1.807) is 31.2 Å². The molecule has 1 aliphatic rings. The van der Waals surface area contributed by atoms with Crippen LogP contribution in [0.3, 0.4) is 0 Å². The Balaban J connectivity index is 1.32. The summed E-state index contributed by atoms with van der Waals surface area (Å²) in [5.74, 6) is -0.668. The molecule has 0 radical (unpaired) electrons. The lowest BCUT2D eigenvalue weighted by molar-refractivity contribution is -0.151. The number of rotatable bonds is 18. The van der Waals surface area contributed by atoms with Crippen LogP contribution < -0.4 is 20.1 Å². The van der Waals surface area contributed by atoms with Gasteiger partial charge in [-0.05, 0) is 87.8 Å². The van der Waals surface area contributed by atoms with E-state index in [2.05, 4.69) is 40.9 Å². The van der Waals surface area contributed by atoms with Crippen LogP contribution in [0.5, 0.6) is 11.5 Å². The number of hydrogen-bond donors (Lipinski definition) is 3. The van der Waals surface area contributed by atoms with Gasteiger partial charge in [0, 0.05) is 47.7 Å². The Morgan fingerprint density at radius 3 is 2.46 bits per heavy atom. The molecule has 0 aliphatic carbocycles. The smallest absolute Gasteiger partial charge is 0.344 e. The van der Waals surface area contributed by atoms with Gasteiger partial charge in [-0.15, -0.1) is 0 Å². The zero-order valence-corrected chi connectivity index (χ0v) is 32.0. The summed E-state index contributed by atoms with van der Waals surface area (Å²) in [5.41, 5.74) is 5.08. The summed E-state index contributed by atoms with van der Waals surface area (Å²) in [5, 5.41) is 5.94. The van der Waals surface area contributed by atoms with Gasteiger partial charge in [-0.25, -0.2) is 4.79 Å². The van der Waals surface area contributed by atoms with Crippen molar-refractivity contribution in [3.05, 3.63) is 86.2 Å². The number of likely N-dealkylation sites (N-methyl/N-ethyl adjacent to an activating group) is 1. The highest BCUT2D eigenvalue weighted by Gasteiger charge is 2.27. The largest absolute Gasteiger partial charge is 0.493 e. The number of ketones is 1. The molecular weight excluding hydrogens is 707 g/mol. The molecule has 1 aliphatic heterocycles. The summed E-state index contributed by atoms with van der Waals surface area (Å²) in [7, 11) is 0. The van der Waals surface area contributed by atoms with Gasteiger partial charge in [0.2, 0.25) is 0 Å². The van der Waals surface area contributed by atoms with E-state index in [4.69, 9.17) is 37.4 Å². The molecule has 0 saturated carbocycles. The Morgan fingerprint density at radius 1 is 1.04 bits per heavy atom. The number of anilines is 1. The monoisotopic (exact) mass is 752 g/mol. The Bertz CT molecular complexity index is 1880. The number of aromatic amines is 1. The van der Waals surface area contributed by atoms with E-state index in [9.17, 15) is 19.2 Å². The minimum Gasteiger partial charge on any atom is -0.493 e. The lowest BCUT2D eigenvalue weighted by Gasteiger charge is -2.18. The van der Waals surface area contributed by atoms with Crippen molar-refractivity contribution in [2.75, 3.05) is 44.7 Å². The number of carbonyl (C=O) groups is 4. The van der Waals surface area contributed by atoms with Gasteiger partial charge in [0.1, 0.15) is 22.6 Å². The maximum absolute atomic E-state index is 13.1. The Labute approximate surface area is 314 Å². The first-order valence-corrected chi connectivity index (χ1v) is 18.1. The maximum Gasteiger partial charge on any atom is 0.344 e. The number of allylic oxidation sites excluding steroid dienone is 1. The molecule has 52 heavy (non-hydrogen) atoms. The molecule has 11 nitrogen and oxygen atoms in total. The van der Waals surface area contributed by atoms with E-state index in [-0.39, 0.29) is 45.6 Å². The lowest BCUT2D eigenvalue weighted by atomic mass is 10.0. The van der Waals surface area contributed by atoms with Crippen LogP contribution >= 0.6 is 23.2 Å². The molecule has 0 unspecified atom stereocenters. The molecule has 2 aromatic carbocycles. The number of H-pyrrole nitrogens is 1. The van der Waals surface area contributed by atoms with Crippen molar-refractivity contribution in [3.63, 3.8) is 0 Å². The second kappa shape index (κ2) is 18.3. The number of Topliss-reactive ketones (excluding diaryl/α,β-unsaturated/α-hetero) is 1. The summed E-state index contributed by atoms with van der Waals surface area (Å²) < 4.78 is 16.9. The zero-order valence-electron chi connectivity index (χ0n) is 30.5. The Hall–Kier alpha value is -4.58. The first-order valence-electron chi connectivity index (χ1n) is 17.3. The third-order valence-electron chi connectivity index (χ3n) is 8.88. The number of carbonyl (C=O) groups excluding carboxylic acids is 4. The van der Waals surface area contributed by atoms with Crippen molar-refractivity contribution < 1.29 is 33.4 Å². The molecule has 1 aromatic heterocycles. The molecule has 2 heterocycles. The van der Waals surface area contributed by atoms with E-state index < -0.39 is 18.7 Å². The summed E-state index contributed by atoms with van der Waals surface area (Å²) in [6.45, 7) is 18.1. The molecule has 2 amide bonds. The van der Waals surface area contributed by atoms with Crippen LogP contribution in [-0.4, -0.2) is 78.9 Å². The van der Waals surface area contributed by atoms with E-state index >= 15 is 0 Å². The van der Waals surface area contributed by atoms with Gasteiger partial charge in [-0.2, -0.15) is 0 Å². The molecule has 0 saturated heterocycles. The second-order valence-electron chi connectivity index (χ2n) is 12.4. The van der Waals surface area contributed by atoms with Gasteiger partial charge in [0.15, 0.2) is 12.4 Å². The molecule has 0 fully saturated rings. The number of aryl methyl sites for hydroxylation is 1. The fourth-order valence-electron chi connectivity index (χ4n) is 5.73. The number of nitrogens with zero attached hydrogens (tertiary/aromatic N) is 1. The Morgan fingerprint density at radius 2 is 1.77 bits per heavy atom. The lowest BCUT2D eigenvalue weighted by Crippen LogP contribution is -2.35. The van der Waals surface area contributed by atoms with Crippen LogP contribution in [-0.2, 0) is 14.3 Å². The second-order valence-corrected chi connectivity index (χ2v) is 13.2. The topological polar surface area (TPSA) is 139 Å². The van der Waals surface area contributed by atoms with Crippen LogP contribution in [0.15, 0.2) is 42.5 Å². The van der Waals surface area contributed by atoms with Gasteiger partial charge in [-0.1, -0.05) is 50.6 Å². The van der Waals surface area contributed by atoms with Crippen molar-refractivity contribution in [1.82, 2.24) is 15.2 Å². The molecule has 1 atom stereocenters. The molecule has 13 heteroatoms. The standard InChI is InChI=1S/C39H46Cl2N4O7/c1-8-22(4)37(47)27-12-14-32(36(41)35(27)40)51-21-33(46)52-23(5)15-18-50-26-11-13-30-28(19-26)29(38(48)44-30)20-31-24(6)34(25(7)43-31)39(49)42-16-17-45(9-2)10-3/h11-14,19-20,23,43H,4,8-10,15-18,21H2,1-3,5-7H3,(H,42,49)(H,44,48)/b29-20-/t23-/m0/s1. The number of nitrogens with one attached hydrogen (secondary N) is 3.